The highest BCUT2D eigenvalue weighted by molar-refractivity contribution is 6.00. The van der Waals surface area contributed by atoms with Gasteiger partial charge in [-0.2, -0.15) is 0 Å². The van der Waals surface area contributed by atoms with Crippen molar-refractivity contribution in [3.63, 3.8) is 0 Å². The molecule has 0 aromatic heterocycles. The summed E-state index contributed by atoms with van der Waals surface area (Å²) in [5.41, 5.74) is 2.37. The van der Waals surface area contributed by atoms with Crippen molar-refractivity contribution in [2.24, 2.45) is 4.99 Å². The minimum atomic E-state index is 0.0378. The second-order valence-electron chi connectivity index (χ2n) is 4.62. The first-order valence-corrected chi connectivity index (χ1v) is 6.92. The molecule has 1 rings (SSSR count). The van der Waals surface area contributed by atoms with Gasteiger partial charge in [0.2, 0.25) is 5.91 Å². The van der Waals surface area contributed by atoms with E-state index in [4.69, 9.17) is 0 Å². The van der Waals surface area contributed by atoms with Crippen molar-refractivity contribution in [2.75, 3.05) is 14.1 Å². The van der Waals surface area contributed by atoms with Gasteiger partial charge < -0.3 is 5.32 Å². The predicted octanol–water partition coefficient (Wildman–Crippen LogP) is 3.20. The molecular weight excluding hydrogens is 236 g/mol. The topological polar surface area (TPSA) is 41.5 Å². The van der Waals surface area contributed by atoms with Crippen LogP contribution in [0.15, 0.2) is 40.9 Å². The minimum Gasteiger partial charge on any atom is -0.359 e. The molecule has 1 aliphatic rings. The van der Waals surface area contributed by atoms with Gasteiger partial charge in [0.25, 0.3) is 0 Å². The summed E-state index contributed by atoms with van der Waals surface area (Å²) in [5, 5.41) is 2.63. The fraction of sp³-hybridized carbons (Fsp3) is 0.500. The summed E-state index contributed by atoms with van der Waals surface area (Å²) >= 11 is 0. The molecule has 0 fully saturated rings. The monoisotopic (exact) mass is 260 g/mol. The molecule has 0 saturated heterocycles. The fourth-order valence-corrected chi connectivity index (χ4v) is 2.01. The second kappa shape index (κ2) is 9.31. The van der Waals surface area contributed by atoms with Crippen LogP contribution in [0.4, 0.5) is 0 Å². The standard InChI is InChI=1S/C16H24N2O/c1-17-15(13-16(19)18-2)12-8-11-14-9-6-4-3-5-7-10-14/h3-4,7,9-10H,5-6,8,11-13H2,1-2H3,(H,18,19)/b4-3-,10-7?,14-9?,17-15?. The minimum absolute atomic E-state index is 0.0378. The first-order valence-electron chi connectivity index (χ1n) is 6.92. The molecule has 1 amide bonds. The zero-order chi connectivity index (χ0) is 13.9. The van der Waals surface area contributed by atoms with Crippen LogP contribution < -0.4 is 5.32 Å². The molecule has 0 spiro atoms. The summed E-state index contributed by atoms with van der Waals surface area (Å²) < 4.78 is 0. The molecular formula is C16H24N2O. The number of hydrogen-bond acceptors (Lipinski definition) is 2. The Hall–Kier alpha value is -1.64. The second-order valence-corrected chi connectivity index (χ2v) is 4.62. The normalized spacial score (nSPS) is 17.4. The maximum absolute atomic E-state index is 11.3. The van der Waals surface area contributed by atoms with Crippen molar-refractivity contribution in [3.8, 4) is 0 Å². The number of carbonyl (C=O) groups is 1. The maximum Gasteiger partial charge on any atom is 0.225 e. The van der Waals surface area contributed by atoms with Crippen LogP contribution in [0, 0.1) is 0 Å². The first kappa shape index (κ1) is 15.4. The molecule has 104 valence electrons. The van der Waals surface area contributed by atoms with Crippen LogP contribution in [0.25, 0.3) is 0 Å². The molecule has 0 aromatic rings. The lowest BCUT2D eigenvalue weighted by atomic mass is 10.0. The van der Waals surface area contributed by atoms with Crippen molar-refractivity contribution in [3.05, 3.63) is 36.0 Å². The van der Waals surface area contributed by atoms with E-state index >= 15 is 0 Å². The highest BCUT2D eigenvalue weighted by atomic mass is 16.1. The van der Waals surface area contributed by atoms with Gasteiger partial charge in [0.15, 0.2) is 0 Å². The molecule has 0 saturated carbocycles. The molecule has 1 aliphatic carbocycles. The van der Waals surface area contributed by atoms with Gasteiger partial charge >= 0.3 is 0 Å². The van der Waals surface area contributed by atoms with E-state index < -0.39 is 0 Å². The Balaban J connectivity index is 2.36. The summed E-state index contributed by atoms with van der Waals surface area (Å²) in [6, 6.07) is 0. The molecule has 0 heterocycles. The molecule has 0 atom stereocenters. The van der Waals surface area contributed by atoms with Crippen LogP contribution in [0.1, 0.15) is 38.5 Å². The Morgan fingerprint density at radius 1 is 1.32 bits per heavy atom. The molecule has 0 unspecified atom stereocenters. The van der Waals surface area contributed by atoms with Crippen LogP contribution in [0.3, 0.4) is 0 Å². The molecule has 0 radical (unpaired) electrons. The lowest BCUT2D eigenvalue weighted by Crippen LogP contribution is -2.21. The summed E-state index contributed by atoms with van der Waals surface area (Å²) in [7, 11) is 3.42. The van der Waals surface area contributed by atoms with Crippen molar-refractivity contribution in [1.29, 1.82) is 0 Å². The van der Waals surface area contributed by atoms with Crippen molar-refractivity contribution >= 4 is 11.6 Å². The Bertz CT molecular complexity index is 403. The van der Waals surface area contributed by atoms with Crippen LogP contribution in [0.2, 0.25) is 0 Å². The highest BCUT2D eigenvalue weighted by Gasteiger charge is 2.05. The molecule has 1 N–H and O–H groups in total. The number of aliphatic imine (C=N–C) groups is 1. The van der Waals surface area contributed by atoms with Crippen LogP contribution >= 0.6 is 0 Å². The molecule has 3 heteroatoms. The fourth-order valence-electron chi connectivity index (χ4n) is 2.01. The van der Waals surface area contributed by atoms with Gasteiger partial charge in [0.1, 0.15) is 0 Å². The number of rotatable bonds is 6. The van der Waals surface area contributed by atoms with E-state index in [0.29, 0.717) is 6.42 Å². The van der Waals surface area contributed by atoms with E-state index in [-0.39, 0.29) is 5.91 Å². The smallest absolute Gasteiger partial charge is 0.225 e. The van der Waals surface area contributed by atoms with Gasteiger partial charge in [-0.05, 0) is 32.1 Å². The number of hydrogen-bond donors (Lipinski definition) is 1. The third-order valence-electron chi connectivity index (χ3n) is 3.18. The van der Waals surface area contributed by atoms with Gasteiger partial charge in [0, 0.05) is 19.8 Å². The summed E-state index contributed by atoms with van der Waals surface area (Å²) in [4.78, 5) is 15.5. The van der Waals surface area contributed by atoms with E-state index in [1.807, 2.05) is 0 Å². The number of nitrogens with one attached hydrogen (secondary N) is 1. The van der Waals surface area contributed by atoms with Crippen molar-refractivity contribution in [1.82, 2.24) is 5.32 Å². The van der Waals surface area contributed by atoms with E-state index in [0.717, 1.165) is 37.8 Å². The van der Waals surface area contributed by atoms with Gasteiger partial charge in [0.05, 0.1) is 6.42 Å². The molecule has 3 nitrogen and oxygen atoms in total. The number of amides is 1. The zero-order valence-electron chi connectivity index (χ0n) is 12.0. The molecule has 0 aliphatic heterocycles. The zero-order valence-corrected chi connectivity index (χ0v) is 12.0. The van der Waals surface area contributed by atoms with Crippen LogP contribution in [0.5, 0.6) is 0 Å². The average molecular weight is 260 g/mol. The summed E-state index contributed by atoms with van der Waals surface area (Å²) in [6.45, 7) is 0. The molecule has 19 heavy (non-hydrogen) atoms. The largest absolute Gasteiger partial charge is 0.359 e. The number of nitrogens with zero attached hydrogens (tertiary/aromatic N) is 1. The Morgan fingerprint density at radius 3 is 2.84 bits per heavy atom. The highest BCUT2D eigenvalue weighted by Crippen LogP contribution is 2.14. The van der Waals surface area contributed by atoms with E-state index in [2.05, 4.69) is 40.7 Å². The van der Waals surface area contributed by atoms with Gasteiger partial charge in [-0.15, -0.1) is 0 Å². The SMILES string of the molecule is CN=C(CCCC1=CC/C=C\CC=C1)CC(=O)NC. The van der Waals surface area contributed by atoms with Crippen molar-refractivity contribution < 1.29 is 4.79 Å². The predicted molar refractivity (Wildman–Crippen MR) is 81.5 cm³/mol. The Labute approximate surface area is 116 Å². The Morgan fingerprint density at radius 2 is 2.11 bits per heavy atom. The summed E-state index contributed by atoms with van der Waals surface area (Å²) in [6.07, 6.45) is 16.5. The molecule has 0 aromatic carbocycles. The molecule has 0 bridgehead atoms. The quantitative estimate of drug-likeness (QED) is 0.578. The lowest BCUT2D eigenvalue weighted by molar-refractivity contribution is -0.119. The van der Waals surface area contributed by atoms with Gasteiger partial charge in [-0.3, -0.25) is 9.79 Å². The first-order chi connectivity index (χ1) is 9.26. The van der Waals surface area contributed by atoms with Crippen LogP contribution in [-0.2, 0) is 4.79 Å². The van der Waals surface area contributed by atoms with E-state index in [9.17, 15) is 4.79 Å². The third kappa shape index (κ3) is 6.75. The summed E-state index contributed by atoms with van der Waals surface area (Å²) in [5.74, 6) is 0.0378. The van der Waals surface area contributed by atoms with Crippen molar-refractivity contribution in [2.45, 2.75) is 38.5 Å². The Kier molecular flexibility index (Phi) is 7.56. The maximum atomic E-state index is 11.3. The lowest BCUT2D eigenvalue weighted by Gasteiger charge is -2.06. The van der Waals surface area contributed by atoms with E-state index in [1.54, 1.807) is 14.1 Å². The van der Waals surface area contributed by atoms with Crippen LogP contribution in [-0.4, -0.2) is 25.7 Å². The van der Waals surface area contributed by atoms with Gasteiger partial charge in [-0.25, -0.2) is 0 Å². The number of carbonyl (C=O) groups excluding carboxylic acids is 1. The average Bonchev–Trinajstić information content (AvgIpc) is 2.39. The third-order valence-corrected chi connectivity index (χ3v) is 3.18. The van der Waals surface area contributed by atoms with E-state index in [1.165, 1.54) is 5.57 Å². The number of allylic oxidation sites excluding steroid dienone is 6. The van der Waals surface area contributed by atoms with Gasteiger partial charge in [-0.1, -0.05) is 36.0 Å².